The molecule has 0 atom stereocenters. The molecule has 1 aromatic heterocycles. The molecule has 0 saturated carbocycles. The summed E-state index contributed by atoms with van der Waals surface area (Å²) in [6.45, 7) is 1.98. The topological polar surface area (TPSA) is 79.5 Å². The summed E-state index contributed by atoms with van der Waals surface area (Å²) in [6, 6.07) is 9.65. The maximum absolute atomic E-state index is 13.1. The summed E-state index contributed by atoms with van der Waals surface area (Å²) in [6.07, 6.45) is -2.93. The van der Waals surface area contributed by atoms with Crippen molar-refractivity contribution in [3.8, 4) is 5.75 Å². The van der Waals surface area contributed by atoms with Gasteiger partial charge in [0.2, 0.25) is 0 Å². The number of benzene rings is 2. The van der Waals surface area contributed by atoms with Crippen molar-refractivity contribution in [1.29, 1.82) is 0 Å². The first-order chi connectivity index (χ1) is 13.7. The van der Waals surface area contributed by atoms with Crippen molar-refractivity contribution in [3.05, 3.63) is 59.4 Å². The average molecular weight is 405 g/mol. The Labute approximate surface area is 164 Å². The number of aryl methyl sites for hydroxylation is 1. The molecule has 1 heterocycles. The smallest absolute Gasteiger partial charge is 0.471 e. The van der Waals surface area contributed by atoms with E-state index in [2.05, 4.69) is 0 Å². The number of nitrogens with one attached hydrogen (secondary N) is 1. The lowest BCUT2D eigenvalue weighted by Crippen LogP contribution is -2.29. The molecule has 5 nitrogen and oxygen atoms in total. The third-order valence-corrected chi connectivity index (χ3v) is 4.39. The minimum absolute atomic E-state index is 0.00181. The number of carbonyl (C=O) groups is 2. The molecular formula is C21H18F3NO4. The van der Waals surface area contributed by atoms with Gasteiger partial charge in [0.1, 0.15) is 17.1 Å². The number of amides is 1. The Hall–Kier alpha value is -3.29. The molecule has 0 spiro atoms. The number of rotatable bonds is 6. The Kier molecular flexibility index (Phi) is 5.63. The fourth-order valence-corrected chi connectivity index (χ4v) is 2.95. The van der Waals surface area contributed by atoms with Crippen molar-refractivity contribution in [2.24, 2.45) is 0 Å². The molecule has 0 aliphatic heterocycles. The molecule has 0 aliphatic rings. The van der Waals surface area contributed by atoms with Gasteiger partial charge in [0, 0.05) is 23.1 Å². The molecule has 0 radical (unpaired) electrons. The molecule has 152 valence electrons. The summed E-state index contributed by atoms with van der Waals surface area (Å²) in [5.41, 5.74) is 0.779. The lowest BCUT2D eigenvalue weighted by molar-refractivity contribution is -0.167. The van der Waals surface area contributed by atoms with Crippen LogP contribution in [-0.2, 0) is 11.2 Å². The first-order valence-corrected chi connectivity index (χ1v) is 8.98. The fraction of sp³-hybridized carbons (Fsp3) is 0.238. The molecule has 1 amide bonds. The Bertz CT molecular complexity index is 1050. The number of alkyl halides is 3. The number of ketones is 1. The van der Waals surface area contributed by atoms with Gasteiger partial charge in [-0.05, 0) is 48.9 Å². The number of anilines is 1. The van der Waals surface area contributed by atoms with Crippen molar-refractivity contribution in [2.45, 2.75) is 32.4 Å². The maximum Gasteiger partial charge on any atom is 0.471 e. The molecule has 0 unspecified atom stereocenters. The van der Waals surface area contributed by atoms with Crippen LogP contribution in [0.15, 0.2) is 46.9 Å². The van der Waals surface area contributed by atoms with Gasteiger partial charge < -0.3 is 14.8 Å². The maximum atomic E-state index is 13.1. The van der Waals surface area contributed by atoms with E-state index < -0.39 is 12.1 Å². The number of carbonyl (C=O) groups excluding carboxylic acids is 2. The first-order valence-electron chi connectivity index (χ1n) is 8.98. The van der Waals surface area contributed by atoms with Crippen LogP contribution in [0.1, 0.15) is 41.4 Å². The number of unbranched alkanes of at least 4 members (excludes halogenated alkanes) is 1. The third kappa shape index (κ3) is 4.42. The van der Waals surface area contributed by atoms with E-state index in [-0.39, 0.29) is 22.8 Å². The van der Waals surface area contributed by atoms with Crippen molar-refractivity contribution in [3.63, 3.8) is 0 Å². The normalized spacial score (nSPS) is 11.6. The van der Waals surface area contributed by atoms with Crippen LogP contribution in [0.4, 0.5) is 18.9 Å². The van der Waals surface area contributed by atoms with E-state index in [1.807, 2.05) is 6.92 Å². The van der Waals surface area contributed by atoms with Gasteiger partial charge in [-0.3, -0.25) is 9.59 Å². The number of hydrogen-bond acceptors (Lipinski definition) is 4. The average Bonchev–Trinajstić information content (AvgIpc) is 3.03. The van der Waals surface area contributed by atoms with Crippen molar-refractivity contribution in [2.75, 3.05) is 5.32 Å². The van der Waals surface area contributed by atoms with E-state index in [0.717, 1.165) is 12.8 Å². The Balaban J connectivity index is 2.08. The number of aromatic hydroxyl groups is 1. The zero-order valence-electron chi connectivity index (χ0n) is 15.5. The van der Waals surface area contributed by atoms with Crippen molar-refractivity contribution in [1.82, 2.24) is 0 Å². The van der Waals surface area contributed by atoms with Crippen LogP contribution in [-0.4, -0.2) is 23.0 Å². The summed E-state index contributed by atoms with van der Waals surface area (Å²) in [7, 11) is 0. The molecule has 29 heavy (non-hydrogen) atoms. The van der Waals surface area contributed by atoms with Crippen LogP contribution in [0.2, 0.25) is 0 Å². The Morgan fingerprint density at radius 2 is 1.79 bits per heavy atom. The highest BCUT2D eigenvalue weighted by molar-refractivity contribution is 6.17. The second-order valence-electron chi connectivity index (χ2n) is 6.54. The van der Waals surface area contributed by atoms with Gasteiger partial charge in [0.15, 0.2) is 5.78 Å². The van der Waals surface area contributed by atoms with Gasteiger partial charge in [0.05, 0.1) is 5.56 Å². The van der Waals surface area contributed by atoms with E-state index in [0.29, 0.717) is 28.7 Å². The highest BCUT2D eigenvalue weighted by Crippen LogP contribution is 2.32. The number of phenols is 1. The predicted molar refractivity (Wildman–Crippen MR) is 101 cm³/mol. The lowest BCUT2D eigenvalue weighted by atomic mass is 9.98. The summed E-state index contributed by atoms with van der Waals surface area (Å²) >= 11 is 0. The van der Waals surface area contributed by atoms with Crippen LogP contribution in [0.5, 0.6) is 5.75 Å². The standard InChI is InChI=1S/C21H18F3NO4/c1-2-3-4-17-18(19(27)12-5-8-14(26)9-6-12)15-11-13(7-10-16(15)29-17)25-20(28)21(22,23)24/h5-11,26H,2-4H2,1H3,(H,25,28). The minimum Gasteiger partial charge on any atom is -0.508 e. The van der Waals surface area contributed by atoms with Gasteiger partial charge >= 0.3 is 12.1 Å². The van der Waals surface area contributed by atoms with Gasteiger partial charge in [-0.15, -0.1) is 0 Å². The highest BCUT2D eigenvalue weighted by Gasteiger charge is 2.38. The monoisotopic (exact) mass is 405 g/mol. The molecule has 0 fully saturated rings. The molecule has 3 rings (SSSR count). The quantitative estimate of drug-likeness (QED) is 0.552. The minimum atomic E-state index is -5.03. The number of furan rings is 1. The van der Waals surface area contributed by atoms with Crippen LogP contribution in [0, 0.1) is 0 Å². The van der Waals surface area contributed by atoms with Gasteiger partial charge in [-0.2, -0.15) is 13.2 Å². The second kappa shape index (κ2) is 7.98. The molecule has 3 aromatic rings. The van der Waals surface area contributed by atoms with Crippen molar-refractivity contribution < 1.29 is 32.3 Å². The molecule has 8 heteroatoms. The van der Waals surface area contributed by atoms with Crippen LogP contribution < -0.4 is 5.32 Å². The molecule has 0 saturated heterocycles. The summed E-state index contributed by atoms with van der Waals surface area (Å²) in [5.74, 6) is -2.05. The van der Waals surface area contributed by atoms with Gasteiger partial charge in [-0.1, -0.05) is 13.3 Å². The van der Waals surface area contributed by atoms with Crippen LogP contribution in [0.3, 0.4) is 0 Å². The molecular weight excluding hydrogens is 387 g/mol. The largest absolute Gasteiger partial charge is 0.508 e. The predicted octanol–water partition coefficient (Wildman–Crippen LogP) is 5.21. The molecule has 2 N–H and O–H groups in total. The SMILES string of the molecule is CCCCc1oc2ccc(NC(=O)C(F)(F)F)cc2c1C(=O)c1ccc(O)cc1. The molecule has 0 bridgehead atoms. The second-order valence-corrected chi connectivity index (χ2v) is 6.54. The Morgan fingerprint density at radius 1 is 1.10 bits per heavy atom. The molecule has 0 aliphatic carbocycles. The van der Waals surface area contributed by atoms with E-state index in [9.17, 15) is 27.9 Å². The number of halogens is 3. The van der Waals surface area contributed by atoms with Crippen LogP contribution >= 0.6 is 0 Å². The van der Waals surface area contributed by atoms with E-state index in [4.69, 9.17) is 4.42 Å². The summed E-state index contributed by atoms with van der Waals surface area (Å²) in [5, 5.41) is 11.5. The summed E-state index contributed by atoms with van der Waals surface area (Å²) in [4.78, 5) is 24.3. The zero-order valence-corrected chi connectivity index (χ0v) is 15.5. The molecule has 2 aromatic carbocycles. The van der Waals surface area contributed by atoms with E-state index in [1.54, 1.807) is 5.32 Å². The lowest BCUT2D eigenvalue weighted by Gasteiger charge is -2.08. The Morgan fingerprint density at radius 3 is 2.41 bits per heavy atom. The van der Waals surface area contributed by atoms with Gasteiger partial charge in [0.25, 0.3) is 0 Å². The third-order valence-electron chi connectivity index (χ3n) is 4.39. The summed E-state index contributed by atoms with van der Waals surface area (Å²) < 4.78 is 43.4. The fourth-order valence-electron chi connectivity index (χ4n) is 2.95. The van der Waals surface area contributed by atoms with Crippen molar-refractivity contribution >= 4 is 28.3 Å². The number of hydrogen-bond donors (Lipinski definition) is 2. The number of phenolic OH excluding ortho intramolecular Hbond substituents is 1. The van der Waals surface area contributed by atoms with E-state index >= 15 is 0 Å². The number of fused-ring (bicyclic) bond motifs is 1. The van der Waals surface area contributed by atoms with Crippen LogP contribution in [0.25, 0.3) is 11.0 Å². The zero-order chi connectivity index (χ0) is 21.2. The first kappa shape index (κ1) is 20.4. The van der Waals surface area contributed by atoms with Gasteiger partial charge in [-0.25, -0.2) is 0 Å². The highest BCUT2D eigenvalue weighted by atomic mass is 19.4. The van der Waals surface area contributed by atoms with E-state index in [1.165, 1.54) is 42.5 Å².